The van der Waals surface area contributed by atoms with Crippen LogP contribution >= 0.6 is 0 Å². The van der Waals surface area contributed by atoms with Gasteiger partial charge < -0.3 is 19.4 Å². The summed E-state index contributed by atoms with van der Waals surface area (Å²) in [5.41, 5.74) is 0.515. The fraction of sp³-hybridized carbons (Fsp3) is 0.636. The summed E-state index contributed by atoms with van der Waals surface area (Å²) in [7, 11) is 0. The molecule has 6 nitrogen and oxygen atoms in total. The summed E-state index contributed by atoms with van der Waals surface area (Å²) >= 11 is 0. The second-order valence-electron chi connectivity index (χ2n) is 4.26. The van der Waals surface area contributed by atoms with Gasteiger partial charge >= 0.3 is 5.69 Å². The minimum atomic E-state index is -0.309. The molecule has 0 amide bonds. The van der Waals surface area contributed by atoms with Gasteiger partial charge in [0.1, 0.15) is 6.61 Å². The Morgan fingerprint density at radius 3 is 3.24 bits per heavy atom. The lowest BCUT2D eigenvalue weighted by atomic mass is 10.1. The van der Waals surface area contributed by atoms with E-state index in [1.54, 1.807) is 0 Å². The number of hydrogen-bond donors (Lipinski definition) is 1. The summed E-state index contributed by atoms with van der Waals surface area (Å²) in [4.78, 5) is 20.4. The molecule has 2 aliphatic heterocycles. The number of morpholine rings is 1. The molecule has 0 radical (unpaired) electrons. The number of aromatic amines is 1. The minimum absolute atomic E-state index is 0.176. The van der Waals surface area contributed by atoms with Gasteiger partial charge in [0.15, 0.2) is 11.6 Å². The van der Waals surface area contributed by atoms with Gasteiger partial charge in [-0.3, -0.25) is 0 Å². The number of nitrogens with one attached hydrogen (secondary N) is 1. The van der Waals surface area contributed by atoms with E-state index in [-0.39, 0.29) is 11.7 Å². The highest BCUT2D eigenvalue weighted by Crippen LogP contribution is 2.34. The smallest absolute Gasteiger partial charge is 0.347 e. The third-order valence-electron chi connectivity index (χ3n) is 3.22. The molecule has 1 aromatic heterocycles. The Morgan fingerprint density at radius 1 is 1.53 bits per heavy atom. The maximum absolute atomic E-state index is 11.5. The zero-order chi connectivity index (χ0) is 11.8. The summed E-state index contributed by atoms with van der Waals surface area (Å²) in [5, 5.41) is 0. The zero-order valence-electron chi connectivity index (χ0n) is 9.73. The van der Waals surface area contributed by atoms with Crippen LogP contribution in [0.1, 0.15) is 12.6 Å². The molecule has 17 heavy (non-hydrogen) atoms. The molecule has 2 aliphatic rings. The Kier molecular flexibility index (Phi) is 2.51. The van der Waals surface area contributed by atoms with E-state index in [0.29, 0.717) is 25.6 Å². The molecule has 0 aromatic carbocycles. The Hall–Kier alpha value is -1.56. The number of fused-ring (bicyclic) bond motifs is 3. The standard InChI is InChI=1S/C11H15N3O3/c1-2-8-9-10(13-11(15)12-8)14-3-4-16-5-7(14)6-17-9/h7H,2-6H2,1H3,(H,12,13,15). The third kappa shape index (κ3) is 1.68. The minimum Gasteiger partial charge on any atom is -0.486 e. The highest BCUT2D eigenvalue weighted by atomic mass is 16.5. The highest BCUT2D eigenvalue weighted by Gasteiger charge is 2.33. The summed E-state index contributed by atoms with van der Waals surface area (Å²) in [6.07, 6.45) is 0.731. The summed E-state index contributed by atoms with van der Waals surface area (Å²) in [6.45, 7) is 4.65. The summed E-state index contributed by atoms with van der Waals surface area (Å²) in [5.74, 6) is 1.40. The monoisotopic (exact) mass is 237 g/mol. The largest absolute Gasteiger partial charge is 0.486 e. The molecule has 0 bridgehead atoms. The lowest BCUT2D eigenvalue weighted by Crippen LogP contribution is -2.52. The second kappa shape index (κ2) is 4.03. The number of nitrogens with zero attached hydrogens (tertiary/aromatic N) is 2. The first-order valence-electron chi connectivity index (χ1n) is 5.90. The molecule has 1 atom stereocenters. The molecule has 0 saturated carbocycles. The summed E-state index contributed by atoms with van der Waals surface area (Å²) in [6, 6.07) is 0.176. The molecule has 3 rings (SSSR count). The van der Waals surface area contributed by atoms with Crippen molar-refractivity contribution in [3.05, 3.63) is 16.2 Å². The van der Waals surface area contributed by atoms with E-state index >= 15 is 0 Å². The maximum Gasteiger partial charge on any atom is 0.347 e. The van der Waals surface area contributed by atoms with Crippen molar-refractivity contribution in [3.63, 3.8) is 0 Å². The first-order chi connectivity index (χ1) is 8.29. The molecule has 6 heteroatoms. The van der Waals surface area contributed by atoms with Crippen molar-refractivity contribution >= 4 is 5.82 Å². The number of hydrogen-bond acceptors (Lipinski definition) is 5. The lowest BCUT2D eigenvalue weighted by Gasteiger charge is -2.40. The molecule has 1 aromatic rings. The van der Waals surface area contributed by atoms with Crippen LogP contribution in [0, 0.1) is 0 Å². The van der Waals surface area contributed by atoms with Crippen molar-refractivity contribution < 1.29 is 9.47 Å². The first-order valence-corrected chi connectivity index (χ1v) is 5.90. The SMILES string of the molecule is CCc1[nH]c(=O)nc2c1OCC1COCCN21. The van der Waals surface area contributed by atoms with Crippen LogP contribution in [0.15, 0.2) is 4.79 Å². The van der Waals surface area contributed by atoms with Crippen LogP contribution in [0.4, 0.5) is 5.82 Å². The van der Waals surface area contributed by atoms with Crippen molar-refractivity contribution in [1.82, 2.24) is 9.97 Å². The number of aromatic nitrogens is 2. The lowest BCUT2D eigenvalue weighted by molar-refractivity contribution is 0.0692. The highest BCUT2D eigenvalue weighted by molar-refractivity contribution is 5.57. The molecule has 1 N–H and O–H groups in total. The third-order valence-corrected chi connectivity index (χ3v) is 3.22. The van der Waals surface area contributed by atoms with E-state index < -0.39 is 0 Å². The molecular weight excluding hydrogens is 222 g/mol. The summed E-state index contributed by atoms with van der Waals surface area (Å²) < 4.78 is 11.1. The molecule has 3 heterocycles. The van der Waals surface area contributed by atoms with Gasteiger partial charge in [-0.2, -0.15) is 4.98 Å². The van der Waals surface area contributed by atoms with Gasteiger partial charge in [-0.1, -0.05) is 6.92 Å². The number of rotatable bonds is 1. The Labute approximate surface area is 98.6 Å². The van der Waals surface area contributed by atoms with E-state index in [2.05, 4.69) is 14.9 Å². The van der Waals surface area contributed by atoms with Crippen LogP contribution in [0.5, 0.6) is 5.75 Å². The quantitative estimate of drug-likeness (QED) is 0.740. The van der Waals surface area contributed by atoms with Gasteiger partial charge in [-0.05, 0) is 6.42 Å². The van der Waals surface area contributed by atoms with E-state index in [9.17, 15) is 4.79 Å². The van der Waals surface area contributed by atoms with E-state index in [1.165, 1.54) is 0 Å². The normalized spacial score (nSPS) is 22.6. The predicted octanol–water partition coefficient (Wildman–Crippen LogP) is -0.0701. The van der Waals surface area contributed by atoms with Crippen molar-refractivity contribution in [2.45, 2.75) is 19.4 Å². The fourth-order valence-corrected chi connectivity index (χ4v) is 2.34. The van der Waals surface area contributed by atoms with Crippen molar-refractivity contribution in [3.8, 4) is 5.75 Å². The first kappa shape index (κ1) is 10.6. The number of ether oxygens (including phenoxy) is 2. The zero-order valence-corrected chi connectivity index (χ0v) is 9.73. The Bertz CT molecular complexity index is 485. The number of H-pyrrole nitrogens is 1. The molecule has 0 aliphatic carbocycles. The van der Waals surface area contributed by atoms with Gasteiger partial charge in [0.25, 0.3) is 0 Å². The molecule has 1 saturated heterocycles. The van der Waals surface area contributed by atoms with Crippen LogP contribution in [0.2, 0.25) is 0 Å². The van der Waals surface area contributed by atoms with Gasteiger partial charge in [0.2, 0.25) is 0 Å². The average Bonchev–Trinajstić information content (AvgIpc) is 2.37. The molecule has 1 unspecified atom stereocenters. The van der Waals surface area contributed by atoms with Gasteiger partial charge in [0, 0.05) is 6.54 Å². The predicted molar refractivity (Wildman–Crippen MR) is 61.7 cm³/mol. The van der Waals surface area contributed by atoms with Crippen molar-refractivity contribution in [1.29, 1.82) is 0 Å². The average molecular weight is 237 g/mol. The molecule has 92 valence electrons. The fourth-order valence-electron chi connectivity index (χ4n) is 2.34. The van der Waals surface area contributed by atoms with Crippen LogP contribution in [0.25, 0.3) is 0 Å². The van der Waals surface area contributed by atoms with E-state index in [4.69, 9.17) is 9.47 Å². The van der Waals surface area contributed by atoms with Crippen LogP contribution in [-0.4, -0.2) is 42.4 Å². The Morgan fingerprint density at radius 2 is 2.41 bits per heavy atom. The molecule has 1 fully saturated rings. The van der Waals surface area contributed by atoms with Gasteiger partial charge in [-0.15, -0.1) is 0 Å². The van der Waals surface area contributed by atoms with Crippen LogP contribution < -0.4 is 15.3 Å². The topological polar surface area (TPSA) is 67.5 Å². The van der Waals surface area contributed by atoms with Gasteiger partial charge in [-0.25, -0.2) is 4.79 Å². The van der Waals surface area contributed by atoms with Crippen LogP contribution in [0.3, 0.4) is 0 Å². The maximum atomic E-state index is 11.5. The van der Waals surface area contributed by atoms with E-state index in [0.717, 1.165) is 24.4 Å². The van der Waals surface area contributed by atoms with Crippen molar-refractivity contribution in [2.24, 2.45) is 0 Å². The number of anilines is 1. The Balaban J connectivity index is 2.09. The van der Waals surface area contributed by atoms with Crippen molar-refractivity contribution in [2.75, 3.05) is 31.3 Å². The molecule has 0 spiro atoms. The van der Waals surface area contributed by atoms with Crippen LogP contribution in [-0.2, 0) is 11.2 Å². The van der Waals surface area contributed by atoms with Gasteiger partial charge in [0.05, 0.1) is 24.9 Å². The second-order valence-corrected chi connectivity index (χ2v) is 4.26. The number of aryl methyl sites for hydroxylation is 1. The molecular formula is C11H15N3O3. The van der Waals surface area contributed by atoms with E-state index in [1.807, 2.05) is 6.92 Å².